The van der Waals surface area contributed by atoms with Crippen LogP contribution in [0.15, 0.2) is 24.3 Å². The van der Waals surface area contributed by atoms with Crippen LogP contribution in [-0.4, -0.2) is 10.9 Å². The number of carbonyl (C=O) groups is 1. The maximum Gasteiger partial charge on any atom is 0.265 e. The van der Waals surface area contributed by atoms with E-state index in [9.17, 15) is 4.79 Å². The molecular weight excluding hydrogens is 178 g/mol. The standard InChI is InChI=1S/C10H11N3O/c11-5-7-6-3-1-2-4-8(6)13-9(7)10(12)14/h1-4,13H,5,11H2,(H2,12,14). The van der Waals surface area contributed by atoms with E-state index >= 15 is 0 Å². The van der Waals surface area contributed by atoms with Gasteiger partial charge in [0, 0.05) is 23.0 Å². The summed E-state index contributed by atoms with van der Waals surface area (Å²) in [6, 6.07) is 7.60. The lowest BCUT2D eigenvalue weighted by molar-refractivity contribution is 0.0995. The number of benzene rings is 1. The fourth-order valence-corrected chi connectivity index (χ4v) is 1.62. The maximum atomic E-state index is 11.1. The minimum atomic E-state index is -0.471. The van der Waals surface area contributed by atoms with Gasteiger partial charge in [0.25, 0.3) is 5.91 Å². The quantitative estimate of drug-likeness (QED) is 0.650. The Morgan fingerprint density at radius 1 is 1.36 bits per heavy atom. The number of amides is 1. The summed E-state index contributed by atoms with van der Waals surface area (Å²) in [6.45, 7) is 0.308. The van der Waals surface area contributed by atoms with Crippen molar-refractivity contribution in [3.8, 4) is 0 Å². The Morgan fingerprint density at radius 3 is 2.71 bits per heavy atom. The zero-order valence-corrected chi connectivity index (χ0v) is 7.58. The Kier molecular flexibility index (Phi) is 1.98. The Morgan fingerprint density at radius 2 is 2.07 bits per heavy atom. The number of H-pyrrole nitrogens is 1. The highest BCUT2D eigenvalue weighted by Gasteiger charge is 2.13. The molecular formula is C10H11N3O. The summed E-state index contributed by atoms with van der Waals surface area (Å²) >= 11 is 0. The fourth-order valence-electron chi connectivity index (χ4n) is 1.62. The number of nitrogens with two attached hydrogens (primary N) is 2. The van der Waals surface area contributed by atoms with Crippen molar-refractivity contribution in [2.75, 3.05) is 0 Å². The largest absolute Gasteiger partial charge is 0.364 e. The van der Waals surface area contributed by atoms with E-state index in [2.05, 4.69) is 4.98 Å². The maximum absolute atomic E-state index is 11.1. The number of fused-ring (bicyclic) bond motifs is 1. The van der Waals surface area contributed by atoms with Crippen LogP contribution in [-0.2, 0) is 6.54 Å². The SMILES string of the molecule is NCc1c(C(N)=O)[nH]c2ccccc12. The Bertz CT molecular complexity index is 487. The van der Waals surface area contributed by atoms with Crippen LogP contribution in [0.25, 0.3) is 10.9 Å². The van der Waals surface area contributed by atoms with E-state index < -0.39 is 5.91 Å². The molecule has 72 valence electrons. The van der Waals surface area contributed by atoms with E-state index in [1.807, 2.05) is 24.3 Å². The normalized spacial score (nSPS) is 10.6. The molecule has 14 heavy (non-hydrogen) atoms. The first-order valence-electron chi connectivity index (χ1n) is 4.33. The fraction of sp³-hybridized carbons (Fsp3) is 0.100. The van der Waals surface area contributed by atoms with Crippen LogP contribution in [0.1, 0.15) is 16.1 Å². The van der Waals surface area contributed by atoms with Crippen molar-refractivity contribution >= 4 is 16.8 Å². The first-order valence-corrected chi connectivity index (χ1v) is 4.33. The van der Waals surface area contributed by atoms with Gasteiger partial charge >= 0.3 is 0 Å². The minimum Gasteiger partial charge on any atom is -0.364 e. The van der Waals surface area contributed by atoms with Gasteiger partial charge in [-0.15, -0.1) is 0 Å². The smallest absolute Gasteiger partial charge is 0.265 e. The monoisotopic (exact) mass is 189 g/mol. The average molecular weight is 189 g/mol. The summed E-state index contributed by atoms with van der Waals surface area (Å²) in [5.74, 6) is -0.471. The lowest BCUT2D eigenvalue weighted by Crippen LogP contribution is -2.15. The molecule has 0 aliphatic carbocycles. The van der Waals surface area contributed by atoms with Crippen molar-refractivity contribution < 1.29 is 4.79 Å². The van der Waals surface area contributed by atoms with Crippen LogP contribution >= 0.6 is 0 Å². The third-order valence-electron chi connectivity index (χ3n) is 2.26. The highest BCUT2D eigenvalue weighted by atomic mass is 16.1. The molecule has 0 aliphatic rings. The molecule has 0 bridgehead atoms. The number of carbonyl (C=O) groups excluding carboxylic acids is 1. The summed E-state index contributed by atoms with van der Waals surface area (Å²) in [5.41, 5.74) is 12.9. The van der Waals surface area contributed by atoms with Gasteiger partial charge in [0.15, 0.2) is 0 Å². The molecule has 0 aliphatic heterocycles. The minimum absolute atomic E-state index is 0.308. The van der Waals surface area contributed by atoms with E-state index in [4.69, 9.17) is 11.5 Å². The zero-order valence-electron chi connectivity index (χ0n) is 7.58. The zero-order chi connectivity index (χ0) is 10.1. The molecule has 0 fully saturated rings. The number of hydrogen-bond donors (Lipinski definition) is 3. The first-order chi connectivity index (χ1) is 6.74. The lowest BCUT2D eigenvalue weighted by Gasteiger charge is -1.95. The molecule has 4 heteroatoms. The predicted molar refractivity (Wildman–Crippen MR) is 54.7 cm³/mol. The van der Waals surface area contributed by atoms with Crippen molar-refractivity contribution in [2.45, 2.75) is 6.54 Å². The van der Waals surface area contributed by atoms with Gasteiger partial charge < -0.3 is 16.5 Å². The molecule has 1 aromatic carbocycles. The van der Waals surface area contributed by atoms with Crippen molar-refractivity contribution in [3.63, 3.8) is 0 Å². The van der Waals surface area contributed by atoms with Crippen molar-refractivity contribution in [1.29, 1.82) is 0 Å². The van der Waals surface area contributed by atoms with Gasteiger partial charge in [-0.2, -0.15) is 0 Å². The van der Waals surface area contributed by atoms with E-state index in [-0.39, 0.29) is 0 Å². The van der Waals surface area contributed by atoms with Crippen molar-refractivity contribution in [2.24, 2.45) is 11.5 Å². The second-order valence-corrected chi connectivity index (χ2v) is 3.09. The number of hydrogen-bond acceptors (Lipinski definition) is 2. The van der Waals surface area contributed by atoms with Gasteiger partial charge in [0.2, 0.25) is 0 Å². The Hall–Kier alpha value is -1.81. The molecule has 2 rings (SSSR count). The summed E-state index contributed by atoms with van der Waals surface area (Å²) in [6.07, 6.45) is 0. The van der Waals surface area contributed by atoms with E-state index in [0.29, 0.717) is 12.2 Å². The predicted octanol–water partition coefficient (Wildman–Crippen LogP) is 0.726. The Balaban J connectivity index is 2.78. The summed E-state index contributed by atoms with van der Waals surface area (Å²) in [7, 11) is 0. The van der Waals surface area contributed by atoms with Crippen LogP contribution in [0.4, 0.5) is 0 Å². The molecule has 0 radical (unpaired) electrons. The molecule has 2 aromatic rings. The number of primary amides is 1. The summed E-state index contributed by atoms with van der Waals surface area (Å²) in [5, 5.41) is 0.962. The molecule has 0 atom stereocenters. The highest BCUT2D eigenvalue weighted by Crippen LogP contribution is 2.21. The highest BCUT2D eigenvalue weighted by molar-refractivity contribution is 6.00. The summed E-state index contributed by atoms with van der Waals surface area (Å²) in [4.78, 5) is 14.0. The van der Waals surface area contributed by atoms with Crippen LogP contribution in [0.5, 0.6) is 0 Å². The molecule has 5 N–H and O–H groups in total. The van der Waals surface area contributed by atoms with E-state index in [1.165, 1.54) is 0 Å². The van der Waals surface area contributed by atoms with Crippen LogP contribution in [0, 0.1) is 0 Å². The van der Waals surface area contributed by atoms with Gasteiger partial charge in [-0.05, 0) is 6.07 Å². The Labute approximate surface area is 80.9 Å². The number of nitrogens with one attached hydrogen (secondary N) is 1. The lowest BCUT2D eigenvalue weighted by atomic mass is 10.1. The number of para-hydroxylation sites is 1. The van der Waals surface area contributed by atoms with Gasteiger partial charge in [-0.1, -0.05) is 18.2 Å². The van der Waals surface area contributed by atoms with E-state index in [0.717, 1.165) is 16.5 Å². The molecule has 4 nitrogen and oxygen atoms in total. The topological polar surface area (TPSA) is 84.9 Å². The second-order valence-electron chi connectivity index (χ2n) is 3.09. The van der Waals surface area contributed by atoms with Crippen LogP contribution in [0.3, 0.4) is 0 Å². The third kappa shape index (κ3) is 1.16. The first kappa shape index (κ1) is 8.77. The van der Waals surface area contributed by atoms with Crippen LogP contribution < -0.4 is 11.5 Å². The van der Waals surface area contributed by atoms with Gasteiger partial charge in [0.05, 0.1) is 0 Å². The van der Waals surface area contributed by atoms with Crippen molar-refractivity contribution in [1.82, 2.24) is 4.98 Å². The van der Waals surface area contributed by atoms with Crippen molar-refractivity contribution in [3.05, 3.63) is 35.5 Å². The molecule has 0 saturated carbocycles. The van der Waals surface area contributed by atoms with Crippen LogP contribution in [0.2, 0.25) is 0 Å². The molecule has 1 amide bonds. The van der Waals surface area contributed by atoms with Gasteiger partial charge in [-0.25, -0.2) is 0 Å². The molecule has 0 unspecified atom stereocenters. The van der Waals surface area contributed by atoms with E-state index in [1.54, 1.807) is 0 Å². The van der Waals surface area contributed by atoms with Gasteiger partial charge in [0.1, 0.15) is 5.69 Å². The molecule has 0 spiro atoms. The second kappa shape index (κ2) is 3.16. The third-order valence-corrected chi connectivity index (χ3v) is 2.26. The molecule has 0 saturated heterocycles. The summed E-state index contributed by atoms with van der Waals surface area (Å²) < 4.78 is 0. The number of aromatic amines is 1. The average Bonchev–Trinajstić information content (AvgIpc) is 2.56. The van der Waals surface area contributed by atoms with Gasteiger partial charge in [-0.3, -0.25) is 4.79 Å². The number of aromatic nitrogens is 1. The molecule has 1 heterocycles. The number of rotatable bonds is 2. The molecule has 1 aromatic heterocycles.